The molecule has 30 heavy (non-hydrogen) atoms. The molecular formula is C21H20N8O. The summed E-state index contributed by atoms with van der Waals surface area (Å²) in [7, 11) is 0. The second kappa shape index (κ2) is 7.53. The summed E-state index contributed by atoms with van der Waals surface area (Å²) in [6, 6.07) is 11.9. The Labute approximate surface area is 172 Å². The third-order valence-electron chi connectivity index (χ3n) is 4.88. The molecule has 0 atom stereocenters. The van der Waals surface area contributed by atoms with Gasteiger partial charge >= 0.3 is 0 Å². The average Bonchev–Trinajstić information content (AvgIpc) is 3.16. The van der Waals surface area contributed by atoms with Gasteiger partial charge in [-0.05, 0) is 24.6 Å². The Balaban J connectivity index is 1.53. The third-order valence-corrected chi connectivity index (χ3v) is 4.88. The number of benzene rings is 1. The Bertz CT molecular complexity index is 1210. The van der Waals surface area contributed by atoms with Crippen LogP contribution >= 0.6 is 0 Å². The maximum Gasteiger partial charge on any atom is 0.229 e. The van der Waals surface area contributed by atoms with Crippen molar-refractivity contribution in [1.29, 1.82) is 0 Å². The monoisotopic (exact) mass is 400 g/mol. The molecule has 4 aromatic rings. The summed E-state index contributed by atoms with van der Waals surface area (Å²) in [6.45, 7) is 3.04. The molecular weight excluding hydrogens is 380 g/mol. The second-order valence-corrected chi connectivity index (χ2v) is 7.21. The lowest BCUT2D eigenvalue weighted by molar-refractivity contribution is 0.140. The van der Waals surface area contributed by atoms with Gasteiger partial charge in [0.1, 0.15) is 6.33 Å². The van der Waals surface area contributed by atoms with Gasteiger partial charge in [-0.1, -0.05) is 29.8 Å². The van der Waals surface area contributed by atoms with Gasteiger partial charge in [0.15, 0.2) is 17.0 Å². The number of hydrogen-bond donors (Lipinski definition) is 2. The molecule has 2 N–H and O–H groups in total. The smallest absolute Gasteiger partial charge is 0.229 e. The van der Waals surface area contributed by atoms with E-state index in [1.54, 1.807) is 24.9 Å². The van der Waals surface area contributed by atoms with E-state index in [1.165, 1.54) is 0 Å². The summed E-state index contributed by atoms with van der Waals surface area (Å²) in [6.07, 6.45) is 6.55. The number of fused-ring (bicyclic) bond motifs is 1. The van der Waals surface area contributed by atoms with Crippen molar-refractivity contribution in [3.8, 4) is 5.69 Å². The topological polar surface area (TPSA) is 104 Å². The van der Waals surface area contributed by atoms with E-state index in [0.29, 0.717) is 36.0 Å². The summed E-state index contributed by atoms with van der Waals surface area (Å²) < 4.78 is 1.86. The lowest BCUT2D eigenvalue weighted by Gasteiger charge is -2.35. The summed E-state index contributed by atoms with van der Waals surface area (Å²) in [5, 5.41) is 14.0. The minimum absolute atomic E-state index is 0.358. The zero-order valence-electron chi connectivity index (χ0n) is 16.3. The van der Waals surface area contributed by atoms with Gasteiger partial charge in [-0.3, -0.25) is 15.0 Å². The molecule has 1 aromatic carbocycles. The van der Waals surface area contributed by atoms with Crippen molar-refractivity contribution in [2.24, 2.45) is 5.10 Å². The molecule has 0 unspecified atom stereocenters. The standard InChI is InChI=1S/C21H20N8O/c1-14-4-2-5-15(8-14)9-24-27-19-18-20(26-21(25-19)28-11-17(30)12-28)29(13-23-18)16-6-3-7-22-10-16/h2-10,13,17,30H,11-12H2,1H3,(H,25,26,27)/b24-9+. The maximum atomic E-state index is 9.68. The molecule has 3 aromatic heterocycles. The van der Waals surface area contributed by atoms with Gasteiger partial charge in [-0.25, -0.2) is 4.98 Å². The second-order valence-electron chi connectivity index (χ2n) is 7.21. The van der Waals surface area contributed by atoms with Gasteiger partial charge in [-0.15, -0.1) is 0 Å². The summed E-state index contributed by atoms with van der Waals surface area (Å²) in [5.74, 6) is 1.02. The molecule has 0 aliphatic carbocycles. The van der Waals surface area contributed by atoms with Crippen molar-refractivity contribution in [2.45, 2.75) is 13.0 Å². The number of β-amino-alcohol motifs (C(OH)–C–C–N with tert-alkyl or cyclic N) is 1. The first-order valence-corrected chi connectivity index (χ1v) is 9.61. The first-order valence-electron chi connectivity index (χ1n) is 9.61. The maximum absolute atomic E-state index is 9.68. The van der Waals surface area contributed by atoms with Crippen LogP contribution in [0.5, 0.6) is 0 Å². The number of aliphatic hydroxyl groups excluding tert-OH is 1. The highest BCUT2D eigenvalue weighted by atomic mass is 16.3. The molecule has 5 rings (SSSR count). The summed E-state index contributed by atoms with van der Waals surface area (Å²) >= 11 is 0. The number of pyridine rings is 1. The fourth-order valence-electron chi connectivity index (χ4n) is 3.33. The van der Waals surface area contributed by atoms with Crippen molar-refractivity contribution < 1.29 is 5.11 Å². The Morgan fingerprint density at radius 3 is 2.87 bits per heavy atom. The molecule has 9 heteroatoms. The van der Waals surface area contributed by atoms with Crippen LogP contribution in [0.25, 0.3) is 16.9 Å². The van der Waals surface area contributed by atoms with E-state index >= 15 is 0 Å². The van der Waals surface area contributed by atoms with Gasteiger partial charge in [0.2, 0.25) is 5.95 Å². The zero-order valence-corrected chi connectivity index (χ0v) is 16.3. The fraction of sp³-hybridized carbons (Fsp3) is 0.190. The van der Waals surface area contributed by atoms with Gasteiger partial charge in [0.05, 0.1) is 24.2 Å². The molecule has 0 saturated carbocycles. The van der Waals surface area contributed by atoms with E-state index in [1.807, 2.05) is 52.8 Å². The molecule has 1 fully saturated rings. The van der Waals surface area contributed by atoms with Crippen LogP contribution in [0.1, 0.15) is 11.1 Å². The number of nitrogens with zero attached hydrogens (tertiary/aromatic N) is 7. The Hall–Kier alpha value is -3.85. The largest absolute Gasteiger partial charge is 0.389 e. The van der Waals surface area contributed by atoms with Crippen molar-refractivity contribution in [3.63, 3.8) is 0 Å². The SMILES string of the molecule is Cc1cccc(/C=N/Nc2nc(N3CC(O)C3)nc3c2ncn3-c2cccnc2)c1. The molecule has 9 nitrogen and oxygen atoms in total. The van der Waals surface area contributed by atoms with Crippen LogP contribution in [0.3, 0.4) is 0 Å². The molecule has 1 aliphatic rings. The first kappa shape index (κ1) is 18.2. The number of hydrazone groups is 1. The molecule has 0 spiro atoms. The van der Waals surface area contributed by atoms with Crippen molar-refractivity contribution >= 4 is 29.1 Å². The number of hydrogen-bond acceptors (Lipinski definition) is 8. The fourth-order valence-corrected chi connectivity index (χ4v) is 3.33. The minimum Gasteiger partial charge on any atom is -0.389 e. The van der Waals surface area contributed by atoms with Crippen molar-refractivity contribution in [3.05, 3.63) is 66.2 Å². The third kappa shape index (κ3) is 3.46. The van der Waals surface area contributed by atoms with Crippen LogP contribution < -0.4 is 10.3 Å². The molecule has 150 valence electrons. The lowest BCUT2D eigenvalue weighted by Crippen LogP contribution is -2.51. The minimum atomic E-state index is -0.358. The highest BCUT2D eigenvalue weighted by Crippen LogP contribution is 2.26. The predicted molar refractivity (Wildman–Crippen MR) is 115 cm³/mol. The van der Waals surface area contributed by atoms with Crippen LogP contribution in [0.15, 0.2) is 60.2 Å². The Morgan fingerprint density at radius 2 is 2.10 bits per heavy atom. The quantitative estimate of drug-likeness (QED) is 0.391. The van der Waals surface area contributed by atoms with Crippen LogP contribution in [0, 0.1) is 6.92 Å². The van der Waals surface area contributed by atoms with E-state index in [-0.39, 0.29) is 6.10 Å². The first-order chi connectivity index (χ1) is 14.7. The van der Waals surface area contributed by atoms with Crippen LogP contribution in [-0.2, 0) is 0 Å². The average molecular weight is 400 g/mol. The van der Waals surface area contributed by atoms with Gasteiger partial charge in [0, 0.05) is 19.3 Å². The van der Waals surface area contributed by atoms with Crippen LogP contribution in [-0.4, -0.2) is 55.0 Å². The van der Waals surface area contributed by atoms with Gasteiger partial charge in [-0.2, -0.15) is 15.1 Å². The number of imidazole rings is 1. The van der Waals surface area contributed by atoms with Crippen LogP contribution in [0.2, 0.25) is 0 Å². The van der Waals surface area contributed by atoms with Crippen molar-refractivity contribution in [1.82, 2.24) is 24.5 Å². The van der Waals surface area contributed by atoms with Gasteiger partial charge in [0.25, 0.3) is 0 Å². The number of anilines is 2. The van der Waals surface area contributed by atoms with E-state index in [0.717, 1.165) is 16.8 Å². The van der Waals surface area contributed by atoms with E-state index in [2.05, 4.69) is 25.5 Å². The molecule has 1 saturated heterocycles. The predicted octanol–water partition coefficient (Wildman–Crippen LogP) is 2.15. The van der Waals surface area contributed by atoms with Gasteiger partial charge < -0.3 is 10.0 Å². The number of aromatic nitrogens is 5. The Kier molecular flexibility index (Phi) is 4.56. The highest BCUT2D eigenvalue weighted by Gasteiger charge is 2.28. The number of aliphatic hydroxyl groups is 1. The van der Waals surface area contributed by atoms with E-state index in [4.69, 9.17) is 4.98 Å². The molecule has 1 aliphatic heterocycles. The number of nitrogens with one attached hydrogen (secondary N) is 1. The molecule has 0 radical (unpaired) electrons. The Morgan fingerprint density at radius 1 is 1.20 bits per heavy atom. The normalized spacial score (nSPS) is 14.4. The highest BCUT2D eigenvalue weighted by molar-refractivity contribution is 5.87. The van der Waals surface area contributed by atoms with Crippen molar-refractivity contribution in [2.75, 3.05) is 23.4 Å². The summed E-state index contributed by atoms with van der Waals surface area (Å²) in [4.78, 5) is 19.9. The summed E-state index contributed by atoms with van der Waals surface area (Å²) in [5.41, 5.74) is 7.26. The molecule has 0 amide bonds. The molecule has 0 bridgehead atoms. The lowest BCUT2D eigenvalue weighted by atomic mass is 10.2. The zero-order chi connectivity index (χ0) is 20.5. The molecule has 4 heterocycles. The van der Waals surface area contributed by atoms with E-state index in [9.17, 15) is 5.11 Å². The number of aryl methyl sites for hydroxylation is 1. The van der Waals surface area contributed by atoms with Crippen LogP contribution in [0.4, 0.5) is 11.8 Å². The van der Waals surface area contributed by atoms with E-state index < -0.39 is 0 Å². The number of rotatable bonds is 5.